The molecule has 2 amide bonds. The average molecular weight is 599 g/mol. The van der Waals surface area contributed by atoms with Crippen LogP contribution in [0, 0.1) is 24.2 Å². The van der Waals surface area contributed by atoms with Gasteiger partial charge in [-0.2, -0.15) is 5.26 Å². The van der Waals surface area contributed by atoms with Crippen LogP contribution in [0.2, 0.25) is 0 Å². The minimum absolute atomic E-state index is 0.0156. The molecule has 2 aliphatic rings. The molecule has 1 unspecified atom stereocenters. The standard InChI is InChI=1S/C36H46N4O4/c1-24-6-5-7-27(18-24)30(20-34(41)38-28-9-11-29(12-10-28)39-35(42)44-36(2,3)4)32-23-40(22-25-14-16-43-17-15-25)33-13-8-26(21-37)19-31(32)33/h5-8,13,18-19,23,25,28-30H,9-12,14-17,20,22H2,1-4H3,(H,38,41)(H,39,42). The highest BCUT2D eigenvalue weighted by Crippen LogP contribution is 2.37. The molecule has 2 fully saturated rings. The number of aromatic nitrogens is 1. The summed E-state index contributed by atoms with van der Waals surface area (Å²) in [5.74, 6) is 0.387. The van der Waals surface area contributed by atoms with E-state index < -0.39 is 5.60 Å². The van der Waals surface area contributed by atoms with Crippen LogP contribution in [0.3, 0.4) is 0 Å². The van der Waals surface area contributed by atoms with Gasteiger partial charge in [-0.1, -0.05) is 29.8 Å². The van der Waals surface area contributed by atoms with Gasteiger partial charge in [0.1, 0.15) is 5.60 Å². The number of hydrogen-bond acceptors (Lipinski definition) is 5. The topological polar surface area (TPSA) is 105 Å². The van der Waals surface area contributed by atoms with Gasteiger partial charge >= 0.3 is 6.09 Å². The Kier molecular flexibility index (Phi) is 9.95. The van der Waals surface area contributed by atoms with Gasteiger partial charge in [0.25, 0.3) is 0 Å². The van der Waals surface area contributed by atoms with Gasteiger partial charge in [0, 0.05) is 61.3 Å². The van der Waals surface area contributed by atoms with Crippen LogP contribution in [-0.4, -0.2) is 47.5 Å². The van der Waals surface area contributed by atoms with Crippen LogP contribution in [0.15, 0.2) is 48.7 Å². The highest BCUT2D eigenvalue weighted by atomic mass is 16.6. The fourth-order valence-electron chi connectivity index (χ4n) is 6.65. The highest BCUT2D eigenvalue weighted by molar-refractivity contribution is 5.88. The predicted molar refractivity (Wildman–Crippen MR) is 171 cm³/mol. The summed E-state index contributed by atoms with van der Waals surface area (Å²) in [6, 6.07) is 16.7. The lowest BCUT2D eigenvalue weighted by Crippen LogP contribution is -2.45. The molecule has 44 heavy (non-hydrogen) atoms. The third-order valence-corrected chi connectivity index (χ3v) is 8.86. The van der Waals surface area contributed by atoms with E-state index >= 15 is 0 Å². The maximum absolute atomic E-state index is 13.7. The first-order chi connectivity index (χ1) is 21.1. The first-order valence-electron chi connectivity index (χ1n) is 16.0. The summed E-state index contributed by atoms with van der Waals surface area (Å²) in [7, 11) is 0. The summed E-state index contributed by atoms with van der Waals surface area (Å²) in [4.78, 5) is 25.9. The number of nitriles is 1. The number of amides is 2. The van der Waals surface area contributed by atoms with E-state index in [0.717, 1.165) is 85.9 Å². The van der Waals surface area contributed by atoms with Crippen LogP contribution in [0.25, 0.3) is 10.9 Å². The maximum Gasteiger partial charge on any atom is 0.407 e. The van der Waals surface area contributed by atoms with Gasteiger partial charge in [-0.15, -0.1) is 0 Å². The molecule has 1 saturated heterocycles. The number of carbonyl (C=O) groups excluding carboxylic acids is 2. The number of nitrogens with zero attached hydrogens (tertiary/aromatic N) is 2. The molecule has 2 heterocycles. The second kappa shape index (κ2) is 13.9. The van der Waals surface area contributed by atoms with Crippen molar-refractivity contribution in [3.05, 3.63) is 70.9 Å². The summed E-state index contributed by atoms with van der Waals surface area (Å²) in [6.45, 7) is 10.1. The van der Waals surface area contributed by atoms with Gasteiger partial charge in [0.15, 0.2) is 0 Å². The molecule has 1 aliphatic carbocycles. The summed E-state index contributed by atoms with van der Waals surface area (Å²) in [6.07, 6.45) is 7.40. The van der Waals surface area contributed by atoms with Crippen molar-refractivity contribution in [3.63, 3.8) is 0 Å². The Balaban J connectivity index is 1.34. The Hall–Kier alpha value is -3.83. The molecule has 2 aromatic carbocycles. The third kappa shape index (κ3) is 8.21. The fourth-order valence-corrected chi connectivity index (χ4v) is 6.65. The van der Waals surface area contributed by atoms with Crippen molar-refractivity contribution in [1.82, 2.24) is 15.2 Å². The molecule has 0 spiro atoms. The number of fused-ring (bicyclic) bond motifs is 1. The Morgan fingerprint density at radius 3 is 2.39 bits per heavy atom. The quantitative estimate of drug-likeness (QED) is 0.299. The molecule has 1 saturated carbocycles. The number of alkyl carbamates (subject to hydrolysis) is 1. The number of rotatable bonds is 8. The number of hydrogen-bond donors (Lipinski definition) is 2. The first-order valence-corrected chi connectivity index (χ1v) is 16.0. The second-order valence-corrected chi connectivity index (χ2v) is 13.6. The molecule has 5 rings (SSSR count). The lowest BCUT2D eigenvalue weighted by atomic mass is 9.86. The SMILES string of the molecule is Cc1cccc(C(CC(=O)NC2CCC(NC(=O)OC(C)(C)C)CC2)c2cn(CC3CCOCC3)c3ccc(C#N)cc23)c1. The van der Waals surface area contributed by atoms with Crippen molar-refractivity contribution < 1.29 is 19.1 Å². The molecule has 1 atom stereocenters. The van der Waals surface area contributed by atoms with Crippen molar-refractivity contribution in [2.75, 3.05) is 13.2 Å². The molecule has 2 N–H and O–H groups in total. The predicted octanol–water partition coefficient (Wildman–Crippen LogP) is 6.72. The van der Waals surface area contributed by atoms with E-state index in [1.54, 1.807) is 0 Å². The van der Waals surface area contributed by atoms with Gasteiger partial charge in [0.05, 0.1) is 11.6 Å². The number of carbonyl (C=O) groups is 2. The number of benzene rings is 2. The van der Waals surface area contributed by atoms with Crippen molar-refractivity contribution in [3.8, 4) is 6.07 Å². The van der Waals surface area contributed by atoms with Crippen LogP contribution in [0.5, 0.6) is 0 Å². The Morgan fingerprint density at radius 2 is 1.73 bits per heavy atom. The van der Waals surface area contributed by atoms with Crippen LogP contribution in [0.4, 0.5) is 4.79 Å². The molecular weight excluding hydrogens is 552 g/mol. The molecule has 8 heteroatoms. The Morgan fingerprint density at radius 1 is 1.02 bits per heavy atom. The minimum Gasteiger partial charge on any atom is -0.444 e. The van der Waals surface area contributed by atoms with Gasteiger partial charge in [-0.25, -0.2) is 4.79 Å². The Bertz CT molecular complexity index is 1500. The summed E-state index contributed by atoms with van der Waals surface area (Å²) < 4.78 is 13.3. The van der Waals surface area contributed by atoms with Crippen molar-refractivity contribution in [2.45, 2.75) is 103 Å². The molecule has 0 bridgehead atoms. The van der Waals surface area contributed by atoms with Gasteiger partial charge in [-0.3, -0.25) is 4.79 Å². The molecular formula is C36H46N4O4. The zero-order valence-corrected chi connectivity index (χ0v) is 26.5. The van der Waals surface area contributed by atoms with Crippen LogP contribution >= 0.6 is 0 Å². The summed E-state index contributed by atoms with van der Waals surface area (Å²) >= 11 is 0. The number of aryl methyl sites for hydroxylation is 1. The average Bonchev–Trinajstić information content (AvgIpc) is 3.33. The van der Waals surface area contributed by atoms with Gasteiger partial charge in [0.2, 0.25) is 5.91 Å². The lowest BCUT2D eigenvalue weighted by Gasteiger charge is -2.31. The van der Waals surface area contributed by atoms with Crippen LogP contribution < -0.4 is 10.6 Å². The number of nitrogens with one attached hydrogen (secondary N) is 2. The summed E-state index contributed by atoms with van der Waals surface area (Å²) in [5, 5.41) is 17.0. The van der Waals surface area contributed by atoms with Crippen LogP contribution in [-0.2, 0) is 20.8 Å². The molecule has 1 aliphatic heterocycles. The van der Waals surface area contributed by atoms with E-state index in [-0.39, 0.29) is 30.0 Å². The fraction of sp³-hybridized carbons (Fsp3) is 0.528. The van der Waals surface area contributed by atoms with Gasteiger partial charge in [-0.05, 0) is 101 Å². The third-order valence-electron chi connectivity index (χ3n) is 8.86. The summed E-state index contributed by atoms with van der Waals surface area (Å²) in [5.41, 5.74) is 4.50. The minimum atomic E-state index is -0.531. The zero-order chi connectivity index (χ0) is 31.3. The van der Waals surface area contributed by atoms with E-state index in [9.17, 15) is 14.9 Å². The van der Waals surface area contributed by atoms with Gasteiger partial charge < -0.3 is 24.7 Å². The Labute approximate surface area is 261 Å². The lowest BCUT2D eigenvalue weighted by molar-refractivity contribution is -0.122. The molecule has 3 aromatic rings. The molecule has 234 valence electrons. The van der Waals surface area contributed by atoms with E-state index in [4.69, 9.17) is 9.47 Å². The molecule has 1 aromatic heterocycles. The molecule has 8 nitrogen and oxygen atoms in total. The van der Waals surface area contributed by atoms with Crippen molar-refractivity contribution in [2.24, 2.45) is 5.92 Å². The normalized spacial score (nSPS) is 20.1. The van der Waals surface area contributed by atoms with E-state index in [1.165, 1.54) is 0 Å². The van der Waals surface area contributed by atoms with Crippen molar-refractivity contribution >= 4 is 22.9 Å². The van der Waals surface area contributed by atoms with E-state index in [0.29, 0.717) is 17.9 Å². The first kappa shape index (κ1) is 31.6. The van der Waals surface area contributed by atoms with E-state index in [2.05, 4.69) is 58.7 Å². The smallest absolute Gasteiger partial charge is 0.407 e. The molecule has 0 radical (unpaired) electrons. The zero-order valence-electron chi connectivity index (χ0n) is 26.5. The monoisotopic (exact) mass is 598 g/mol. The maximum atomic E-state index is 13.7. The number of ether oxygens (including phenoxy) is 2. The highest BCUT2D eigenvalue weighted by Gasteiger charge is 2.28. The van der Waals surface area contributed by atoms with Crippen LogP contribution in [0.1, 0.15) is 93.9 Å². The second-order valence-electron chi connectivity index (χ2n) is 13.6. The van der Waals surface area contributed by atoms with E-state index in [1.807, 2.05) is 39.0 Å². The largest absolute Gasteiger partial charge is 0.444 e. The van der Waals surface area contributed by atoms with Crippen molar-refractivity contribution in [1.29, 1.82) is 5.26 Å².